The van der Waals surface area contributed by atoms with Crippen LogP contribution in [0.3, 0.4) is 0 Å². The Morgan fingerprint density at radius 1 is 1.10 bits per heavy atom. The van der Waals surface area contributed by atoms with Crippen molar-refractivity contribution in [1.82, 2.24) is 19.7 Å². The zero-order valence-corrected chi connectivity index (χ0v) is 23.2. The number of carbonyl (C=O) groups is 1. The van der Waals surface area contributed by atoms with Gasteiger partial charge in [-0.15, -0.1) is 0 Å². The summed E-state index contributed by atoms with van der Waals surface area (Å²) in [5, 5.41) is 14.5. The molecule has 1 saturated heterocycles. The number of anilines is 6. The van der Waals surface area contributed by atoms with Gasteiger partial charge < -0.3 is 25.6 Å². The van der Waals surface area contributed by atoms with E-state index >= 15 is 0 Å². The number of morpholine rings is 1. The normalized spacial score (nSPS) is 16.6. The summed E-state index contributed by atoms with van der Waals surface area (Å²) in [6.07, 6.45) is 6.48. The molecule has 3 N–H and O–H groups in total. The number of aromatic nitrogens is 4. The van der Waals surface area contributed by atoms with Crippen molar-refractivity contribution >= 4 is 52.0 Å². The Hall–Kier alpha value is -4.15. The fourth-order valence-corrected chi connectivity index (χ4v) is 5.22. The van der Waals surface area contributed by atoms with Gasteiger partial charge >= 0.3 is 0 Å². The molecule has 0 saturated carbocycles. The van der Waals surface area contributed by atoms with Gasteiger partial charge in [-0.25, -0.2) is 9.67 Å². The number of rotatable bonds is 6. The molecule has 11 heteroatoms. The highest BCUT2D eigenvalue weighted by Gasteiger charge is 2.29. The number of benzene rings is 2. The number of carbonyl (C=O) groups excluding carboxylic acids is 1. The molecule has 2 aromatic heterocycles. The van der Waals surface area contributed by atoms with Crippen LogP contribution in [0.4, 0.5) is 34.5 Å². The van der Waals surface area contributed by atoms with Crippen LogP contribution in [0.25, 0.3) is 5.69 Å². The zero-order chi connectivity index (χ0) is 27.7. The van der Waals surface area contributed by atoms with Gasteiger partial charge in [0, 0.05) is 49.0 Å². The van der Waals surface area contributed by atoms with Gasteiger partial charge in [0.15, 0.2) is 5.82 Å². The summed E-state index contributed by atoms with van der Waals surface area (Å²) in [5.41, 5.74) is 5.34. The zero-order valence-electron chi connectivity index (χ0n) is 22.4. The predicted molar refractivity (Wildman–Crippen MR) is 158 cm³/mol. The van der Waals surface area contributed by atoms with Crippen molar-refractivity contribution in [2.24, 2.45) is 0 Å². The number of ether oxygens (including phenoxy) is 1. The maximum atomic E-state index is 12.1. The molecule has 4 aromatic rings. The van der Waals surface area contributed by atoms with Crippen LogP contribution >= 0.6 is 11.6 Å². The van der Waals surface area contributed by atoms with Crippen LogP contribution in [0.2, 0.25) is 5.02 Å². The second-order valence-corrected chi connectivity index (χ2v) is 11.0. The van der Waals surface area contributed by atoms with E-state index in [0.29, 0.717) is 36.4 Å². The minimum Gasteiger partial charge on any atom is -0.378 e. The first-order valence-electron chi connectivity index (χ1n) is 13.3. The first-order chi connectivity index (χ1) is 19.4. The van der Waals surface area contributed by atoms with Gasteiger partial charge in [0.05, 0.1) is 30.8 Å². The lowest BCUT2D eigenvalue weighted by Crippen LogP contribution is -2.36. The lowest BCUT2D eigenvalue weighted by atomic mass is 9.80. The third kappa shape index (κ3) is 5.45. The maximum Gasteiger partial charge on any atom is 0.229 e. The third-order valence-corrected chi connectivity index (χ3v) is 7.64. The Morgan fingerprint density at radius 2 is 1.95 bits per heavy atom. The van der Waals surface area contributed by atoms with E-state index in [1.54, 1.807) is 12.4 Å². The molecule has 6 rings (SSSR count). The molecule has 0 aliphatic carbocycles. The standard InChI is InChI=1S/C29H31ClN8O2/c1-29(2)9-8-26(39)34-23-6-4-19(16-21(23)29)33-28-31-18-22(30)27(36-28)35-24-7-5-20(37-12-14-40-15-13-37)17-25(24)38-11-3-10-32-38/h3-7,10-11,16-18H,8-9,12-15H2,1-2H3,(H,34,39)(H2,31,33,35,36). The number of halogens is 1. The Balaban J connectivity index is 1.28. The van der Waals surface area contributed by atoms with Crippen LogP contribution in [-0.4, -0.2) is 52.0 Å². The van der Waals surface area contributed by atoms with Crippen LogP contribution in [-0.2, 0) is 14.9 Å². The van der Waals surface area contributed by atoms with E-state index in [1.165, 1.54) is 0 Å². The van der Waals surface area contributed by atoms with Crippen LogP contribution in [0.15, 0.2) is 61.1 Å². The Bertz CT molecular complexity index is 1530. The van der Waals surface area contributed by atoms with Crippen molar-refractivity contribution in [2.45, 2.75) is 32.1 Å². The van der Waals surface area contributed by atoms with Gasteiger partial charge in [-0.3, -0.25) is 4.79 Å². The number of amides is 1. The number of nitrogens with one attached hydrogen (secondary N) is 3. The van der Waals surface area contributed by atoms with Gasteiger partial charge in [0.1, 0.15) is 5.02 Å². The van der Waals surface area contributed by atoms with Crippen molar-refractivity contribution in [3.63, 3.8) is 0 Å². The average molecular weight is 559 g/mol. The number of hydrogen-bond donors (Lipinski definition) is 3. The third-order valence-electron chi connectivity index (χ3n) is 7.36. The SMILES string of the molecule is CC1(C)CCC(=O)Nc2ccc(Nc3ncc(Cl)c(Nc4ccc(N5CCOCC5)cc4-n4cccn4)n3)cc21. The van der Waals surface area contributed by atoms with Crippen molar-refractivity contribution in [3.8, 4) is 5.69 Å². The molecule has 1 fully saturated rings. The summed E-state index contributed by atoms with van der Waals surface area (Å²) in [4.78, 5) is 23.5. The fourth-order valence-electron chi connectivity index (χ4n) is 5.08. The minimum absolute atomic E-state index is 0.0387. The molecule has 2 aliphatic rings. The van der Waals surface area contributed by atoms with E-state index < -0.39 is 0 Å². The molecule has 2 aromatic carbocycles. The summed E-state index contributed by atoms with van der Waals surface area (Å²) in [7, 11) is 0. The van der Waals surface area contributed by atoms with E-state index in [2.05, 4.69) is 61.9 Å². The quantitative estimate of drug-likeness (QED) is 0.278. The highest BCUT2D eigenvalue weighted by atomic mass is 35.5. The van der Waals surface area contributed by atoms with E-state index in [0.717, 1.165) is 53.5 Å². The summed E-state index contributed by atoms with van der Waals surface area (Å²) in [5.74, 6) is 0.902. The largest absolute Gasteiger partial charge is 0.378 e. The lowest BCUT2D eigenvalue weighted by Gasteiger charge is -2.29. The molecule has 0 bridgehead atoms. The molecule has 4 heterocycles. The summed E-state index contributed by atoms with van der Waals surface area (Å²) >= 11 is 6.54. The van der Waals surface area contributed by atoms with E-state index in [-0.39, 0.29) is 11.3 Å². The molecule has 2 aliphatic heterocycles. The maximum absolute atomic E-state index is 12.1. The van der Waals surface area contributed by atoms with Gasteiger partial charge in [-0.05, 0) is 59.9 Å². The number of hydrogen-bond acceptors (Lipinski definition) is 8. The monoisotopic (exact) mass is 558 g/mol. The van der Waals surface area contributed by atoms with Crippen LogP contribution < -0.4 is 20.9 Å². The van der Waals surface area contributed by atoms with Crippen molar-refractivity contribution < 1.29 is 9.53 Å². The molecule has 206 valence electrons. The van der Waals surface area contributed by atoms with Gasteiger partial charge in [0.2, 0.25) is 11.9 Å². The highest BCUT2D eigenvalue weighted by Crippen LogP contribution is 2.39. The average Bonchev–Trinajstić information content (AvgIpc) is 3.47. The van der Waals surface area contributed by atoms with Crippen LogP contribution in [0.5, 0.6) is 0 Å². The number of nitrogens with zero attached hydrogens (tertiary/aromatic N) is 5. The van der Waals surface area contributed by atoms with Crippen molar-refractivity contribution in [1.29, 1.82) is 0 Å². The molecule has 0 unspecified atom stereocenters. The summed E-state index contributed by atoms with van der Waals surface area (Å²) < 4.78 is 7.33. The molecule has 0 spiro atoms. The molecule has 0 atom stereocenters. The van der Waals surface area contributed by atoms with Gasteiger partial charge in [-0.1, -0.05) is 25.4 Å². The van der Waals surface area contributed by atoms with Crippen LogP contribution in [0, 0.1) is 0 Å². The predicted octanol–water partition coefficient (Wildman–Crippen LogP) is 5.65. The Labute approximate surface area is 237 Å². The molecule has 0 radical (unpaired) electrons. The summed E-state index contributed by atoms with van der Waals surface area (Å²) in [6, 6.07) is 14.0. The molecular formula is C29H31ClN8O2. The van der Waals surface area contributed by atoms with Crippen molar-refractivity contribution in [3.05, 3.63) is 71.6 Å². The Morgan fingerprint density at radius 3 is 2.75 bits per heavy atom. The highest BCUT2D eigenvalue weighted by molar-refractivity contribution is 6.33. The minimum atomic E-state index is -0.157. The second kappa shape index (κ2) is 10.8. The van der Waals surface area contributed by atoms with E-state index in [9.17, 15) is 4.79 Å². The topological polar surface area (TPSA) is 109 Å². The first kappa shape index (κ1) is 26.1. The van der Waals surface area contributed by atoms with Gasteiger partial charge in [0.25, 0.3) is 0 Å². The van der Waals surface area contributed by atoms with E-state index in [1.807, 2.05) is 41.2 Å². The second-order valence-electron chi connectivity index (χ2n) is 10.6. The Kier molecular flexibility index (Phi) is 7.03. The van der Waals surface area contributed by atoms with Gasteiger partial charge in [-0.2, -0.15) is 10.1 Å². The molecule has 1 amide bonds. The van der Waals surface area contributed by atoms with Crippen LogP contribution in [0.1, 0.15) is 32.3 Å². The fraction of sp³-hybridized carbons (Fsp3) is 0.310. The molecular weight excluding hydrogens is 528 g/mol. The van der Waals surface area contributed by atoms with Crippen molar-refractivity contribution in [2.75, 3.05) is 47.2 Å². The smallest absolute Gasteiger partial charge is 0.229 e. The molecule has 10 nitrogen and oxygen atoms in total. The van der Waals surface area contributed by atoms with E-state index in [4.69, 9.17) is 16.3 Å². The number of fused-ring (bicyclic) bond motifs is 1. The first-order valence-corrected chi connectivity index (χ1v) is 13.7. The molecule has 40 heavy (non-hydrogen) atoms. The lowest BCUT2D eigenvalue weighted by molar-refractivity contribution is -0.116. The summed E-state index contributed by atoms with van der Waals surface area (Å²) in [6.45, 7) is 7.39.